The Morgan fingerprint density at radius 3 is 2.68 bits per heavy atom. The predicted octanol–water partition coefficient (Wildman–Crippen LogP) is 2.40. The Bertz CT molecular complexity index is 904. The number of thiophene rings is 1. The highest BCUT2D eigenvalue weighted by atomic mass is 35.5. The number of nitrogens with zero attached hydrogens (tertiary/aromatic N) is 6. The minimum Gasteiger partial charge on any atom is -0.334 e. The fourth-order valence-electron chi connectivity index (χ4n) is 3.04. The van der Waals surface area contributed by atoms with E-state index in [1.165, 1.54) is 11.2 Å². The van der Waals surface area contributed by atoms with Crippen LogP contribution in [-0.4, -0.2) is 61.8 Å². The maximum absolute atomic E-state index is 12.4. The average Bonchev–Trinajstić information content (AvgIpc) is 3.39. The van der Waals surface area contributed by atoms with Crippen LogP contribution in [-0.2, 0) is 13.1 Å². The monoisotopic (exact) mass is 417 g/mol. The molecular formula is C18H20ClN7OS. The SMILES string of the molecule is O=C(NCc1ccc(-n2cncn2)nc1)N1CCN(Cc2ccc(Cl)s2)CC1. The van der Waals surface area contributed by atoms with Crippen LogP contribution in [0.1, 0.15) is 10.4 Å². The van der Waals surface area contributed by atoms with Gasteiger partial charge in [-0.25, -0.2) is 19.4 Å². The molecule has 2 amide bonds. The van der Waals surface area contributed by atoms with E-state index in [9.17, 15) is 4.79 Å². The summed E-state index contributed by atoms with van der Waals surface area (Å²) in [4.78, 5) is 26.1. The van der Waals surface area contributed by atoms with Crippen molar-refractivity contribution in [2.24, 2.45) is 0 Å². The normalized spacial score (nSPS) is 15.0. The smallest absolute Gasteiger partial charge is 0.317 e. The van der Waals surface area contributed by atoms with Gasteiger partial charge in [-0.15, -0.1) is 11.3 Å². The number of aromatic nitrogens is 4. The number of urea groups is 1. The summed E-state index contributed by atoms with van der Waals surface area (Å²) < 4.78 is 2.41. The van der Waals surface area contributed by atoms with E-state index in [0.717, 1.165) is 29.5 Å². The van der Waals surface area contributed by atoms with Crippen LogP contribution in [0.5, 0.6) is 0 Å². The van der Waals surface area contributed by atoms with Crippen molar-refractivity contribution in [2.75, 3.05) is 26.2 Å². The van der Waals surface area contributed by atoms with Crippen LogP contribution in [0, 0.1) is 0 Å². The zero-order valence-corrected chi connectivity index (χ0v) is 16.7. The van der Waals surface area contributed by atoms with Crippen molar-refractivity contribution in [3.8, 4) is 5.82 Å². The second kappa shape index (κ2) is 8.68. The fraction of sp³-hybridized carbons (Fsp3) is 0.333. The number of hydrogen-bond donors (Lipinski definition) is 1. The van der Waals surface area contributed by atoms with Crippen LogP contribution in [0.25, 0.3) is 5.82 Å². The lowest BCUT2D eigenvalue weighted by Crippen LogP contribution is -2.51. The molecule has 10 heteroatoms. The number of hydrogen-bond acceptors (Lipinski definition) is 6. The Morgan fingerprint density at radius 2 is 2.04 bits per heavy atom. The van der Waals surface area contributed by atoms with Crippen molar-refractivity contribution in [3.05, 3.63) is 57.9 Å². The first-order valence-corrected chi connectivity index (χ1v) is 10.2. The number of carbonyl (C=O) groups excluding carboxylic acids is 1. The maximum Gasteiger partial charge on any atom is 0.317 e. The van der Waals surface area contributed by atoms with E-state index in [1.807, 2.05) is 23.1 Å². The van der Waals surface area contributed by atoms with Gasteiger partial charge >= 0.3 is 6.03 Å². The number of pyridine rings is 1. The third-order valence-corrected chi connectivity index (χ3v) is 5.79. The molecule has 0 saturated carbocycles. The highest BCUT2D eigenvalue weighted by Crippen LogP contribution is 2.23. The third kappa shape index (κ3) is 4.67. The second-order valence-corrected chi connectivity index (χ2v) is 8.29. The molecule has 1 fully saturated rings. The number of rotatable bonds is 5. The van der Waals surface area contributed by atoms with Gasteiger partial charge in [0.05, 0.1) is 4.34 Å². The number of amides is 2. The summed E-state index contributed by atoms with van der Waals surface area (Å²) in [5, 5.41) is 7.01. The molecule has 4 heterocycles. The molecule has 4 rings (SSSR count). The van der Waals surface area contributed by atoms with E-state index in [-0.39, 0.29) is 6.03 Å². The minimum atomic E-state index is -0.0424. The van der Waals surface area contributed by atoms with Crippen molar-refractivity contribution in [1.29, 1.82) is 0 Å². The number of nitrogens with one attached hydrogen (secondary N) is 1. The zero-order valence-electron chi connectivity index (χ0n) is 15.2. The van der Waals surface area contributed by atoms with E-state index >= 15 is 0 Å². The van der Waals surface area contributed by atoms with Crippen LogP contribution in [0.2, 0.25) is 4.34 Å². The molecule has 0 atom stereocenters. The van der Waals surface area contributed by atoms with Crippen molar-refractivity contribution in [1.82, 2.24) is 34.9 Å². The quantitative estimate of drug-likeness (QED) is 0.689. The number of carbonyl (C=O) groups is 1. The van der Waals surface area contributed by atoms with E-state index in [2.05, 4.69) is 31.3 Å². The molecule has 0 aliphatic carbocycles. The summed E-state index contributed by atoms with van der Waals surface area (Å²) in [7, 11) is 0. The molecule has 0 bridgehead atoms. The molecule has 1 aliphatic heterocycles. The van der Waals surface area contributed by atoms with E-state index in [1.54, 1.807) is 28.5 Å². The Labute approximate surface area is 171 Å². The van der Waals surface area contributed by atoms with Gasteiger partial charge in [-0.2, -0.15) is 5.10 Å². The molecule has 0 aromatic carbocycles. The van der Waals surface area contributed by atoms with Gasteiger partial charge in [-0.3, -0.25) is 4.90 Å². The van der Waals surface area contributed by atoms with Gasteiger partial charge in [-0.05, 0) is 23.8 Å². The molecule has 28 heavy (non-hydrogen) atoms. The lowest BCUT2D eigenvalue weighted by molar-refractivity contribution is 0.135. The first kappa shape index (κ1) is 18.9. The predicted molar refractivity (Wildman–Crippen MR) is 108 cm³/mol. The lowest BCUT2D eigenvalue weighted by Gasteiger charge is -2.34. The first-order valence-electron chi connectivity index (χ1n) is 8.97. The molecule has 3 aromatic heterocycles. The first-order chi connectivity index (χ1) is 13.7. The molecule has 8 nitrogen and oxygen atoms in total. The van der Waals surface area contributed by atoms with E-state index < -0.39 is 0 Å². The Kier molecular flexibility index (Phi) is 5.84. The molecule has 0 unspecified atom stereocenters. The summed E-state index contributed by atoms with van der Waals surface area (Å²) in [6.45, 7) is 4.48. The topological polar surface area (TPSA) is 79.2 Å². The van der Waals surface area contributed by atoms with Gasteiger partial charge in [0.25, 0.3) is 0 Å². The number of halogens is 1. The van der Waals surface area contributed by atoms with Crippen molar-refractivity contribution in [3.63, 3.8) is 0 Å². The highest BCUT2D eigenvalue weighted by molar-refractivity contribution is 7.16. The standard InChI is InChI=1S/C18H20ClN7OS/c19-16-3-2-15(28-16)11-24-5-7-25(8-6-24)18(27)22-10-14-1-4-17(21-9-14)26-13-20-12-23-26/h1-4,9,12-13H,5-8,10-11H2,(H,22,27). The van der Waals surface area contributed by atoms with Gasteiger partial charge in [0.1, 0.15) is 12.7 Å². The van der Waals surface area contributed by atoms with E-state index in [4.69, 9.17) is 11.6 Å². The average molecular weight is 418 g/mol. The summed E-state index contributed by atoms with van der Waals surface area (Å²) in [5.41, 5.74) is 0.936. The van der Waals surface area contributed by atoms with Crippen LogP contribution in [0.4, 0.5) is 4.79 Å². The van der Waals surface area contributed by atoms with Gasteiger partial charge in [0, 0.05) is 50.3 Å². The minimum absolute atomic E-state index is 0.0424. The molecule has 3 aromatic rings. The third-order valence-electron chi connectivity index (χ3n) is 4.57. The van der Waals surface area contributed by atoms with Crippen LogP contribution in [0.3, 0.4) is 0 Å². The van der Waals surface area contributed by atoms with Crippen LogP contribution >= 0.6 is 22.9 Å². The summed E-state index contributed by atoms with van der Waals surface area (Å²) >= 11 is 7.60. The molecular weight excluding hydrogens is 398 g/mol. The zero-order chi connectivity index (χ0) is 19.3. The van der Waals surface area contributed by atoms with E-state index in [0.29, 0.717) is 25.5 Å². The number of piperazine rings is 1. The molecule has 0 spiro atoms. The Hall–Kier alpha value is -2.49. The summed E-state index contributed by atoms with van der Waals surface area (Å²) in [5.74, 6) is 0.690. The molecule has 1 N–H and O–H groups in total. The fourth-order valence-corrected chi connectivity index (χ4v) is 4.17. The molecule has 1 aliphatic rings. The lowest BCUT2D eigenvalue weighted by atomic mass is 10.3. The Morgan fingerprint density at radius 1 is 1.18 bits per heavy atom. The van der Waals surface area contributed by atoms with Gasteiger partial charge in [0.15, 0.2) is 5.82 Å². The van der Waals surface area contributed by atoms with Gasteiger partial charge in [-0.1, -0.05) is 17.7 Å². The Balaban J connectivity index is 1.22. The summed E-state index contributed by atoms with van der Waals surface area (Å²) in [6, 6.07) is 7.73. The van der Waals surface area contributed by atoms with Gasteiger partial charge < -0.3 is 10.2 Å². The van der Waals surface area contributed by atoms with Crippen molar-refractivity contribution in [2.45, 2.75) is 13.1 Å². The molecule has 1 saturated heterocycles. The largest absolute Gasteiger partial charge is 0.334 e. The van der Waals surface area contributed by atoms with Gasteiger partial charge in [0.2, 0.25) is 0 Å². The maximum atomic E-state index is 12.4. The van der Waals surface area contributed by atoms with Crippen LogP contribution < -0.4 is 5.32 Å². The highest BCUT2D eigenvalue weighted by Gasteiger charge is 2.21. The van der Waals surface area contributed by atoms with Crippen molar-refractivity contribution < 1.29 is 4.79 Å². The second-order valence-electron chi connectivity index (χ2n) is 6.49. The molecule has 146 valence electrons. The van der Waals surface area contributed by atoms with Crippen molar-refractivity contribution >= 4 is 29.0 Å². The molecule has 0 radical (unpaired) electrons. The summed E-state index contributed by atoms with van der Waals surface area (Å²) in [6.07, 6.45) is 4.79. The van der Waals surface area contributed by atoms with Crippen LogP contribution in [0.15, 0.2) is 43.1 Å².